The van der Waals surface area contributed by atoms with Gasteiger partial charge in [0.2, 0.25) is 0 Å². The van der Waals surface area contributed by atoms with Gasteiger partial charge in [-0.1, -0.05) is 17.7 Å². The highest BCUT2D eigenvalue weighted by molar-refractivity contribution is 5.74. The normalized spacial score (nSPS) is 19.0. The molecule has 1 aromatic carbocycles. The minimum absolute atomic E-state index is 0.0329. The Morgan fingerprint density at radius 1 is 1.43 bits per heavy atom. The number of rotatable bonds is 6. The summed E-state index contributed by atoms with van der Waals surface area (Å²) in [6, 6.07) is 7.71. The largest absolute Gasteiger partial charge is 0.492 e. The number of hydrogen-bond acceptors (Lipinski definition) is 3. The van der Waals surface area contributed by atoms with E-state index >= 15 is 0 Å². The van der Waals surface area contributed by atoms with Crippen molar-refractivity contribution in [2.24, 2.45) is 0 Å². The molecule has 5 nitrogen and oxygen atoms in total. The monoisotopic (exact) mass is 292 g/mol. The molecule has 2 unspecified atom stereocenters. The highest BCUT2D eigenvalue weighted by Gasteiger charge is 2.23. The van der Waals surface area contributed by atoms with E-state index in [1.165, 1.54) is 5.56 Å². The smallest absolute Gasteiger partial charge is 0.315 e. The van der Waals surface area contributed by atoms with Crippen molar-refractivity contribution in [3.8, 4) is 5.75 Å². The van der Waals surface area contributed by atoms with Crippen LogP contribution in [-0.2, 0) is 4.74 Å². The van der Waals surface area contributed by atoms with Gasteiger partial charge < -0.3 is 20.1 Å². The van der Waals surface area contributed by atoms with Crippen LogP contribution < -0.4 is 15.4 Å². The molecule has 2 rings (SSSR count). The highest BCUT2D eigenvalue weighted by Crippen LogP contribution is 2.15. The summed E-state index contributed by atoms with van der Waals surface area (Å²) in [7, 11) is 0. The lowest BCUT2D eigenvalue weighted by atomic mass is 10.1. The topological polar surface area (TPSA) is 59.6 Å². The molecule has 1 aliphatic heterocycles. The van der Waals surface area contributed by atoms with Gasteiger partial charge in [0.05, 0.1) is 18.7 Å². The van der Waals surface area contributed by atoms with Crippen LogP contribution in [0.15, 0.2) is 24.3 Å². The first-order valence-corrected chi connectivity index (χ1v) is 7.50. The molecule has 2 N–H and O–H groups in total. The van der Waals surface area contributed by atoms with Crippen LogP contribution in [0.1, 0.15) is 25.3 Å². The number of benzene rings is 1. The minimum Gasteiger partial charge on any atom is -0.492 e. The lowest BCUT2D eigenvalue weighted by Crippen LogP contribution is -2.46. The van der Waals surface area contributed by atoms with Crippen molar-refractivity contribution in [1.29, 1.82) is 0 Å². The third-order valence-corrected chi connectivity index (χ3v) is 3.56. The lowest BCUT2D eigenvalue weighted by Gasteiger charge is -2.20. The molecule has 1 fully saturated rings. The van der Waals surface area contributed by atoms with Crippen LogP contribution in [0.2, 0.25) is 0 Å². The Balaban J connectivity index is 1.59. The summed E-state index contributed by atoms with van der Waals surface area (Å²) in [5, 5.41) is 5.69. The fourth-order valence-corrected chi connectivity index (χ4v) is 2.32. The van der Waals surface area contributed by atoms with Gasteiger partial charge >= 0.3 is 6.03 Å². The van der Waals surface area contributed by atoms with Crippen LogP contribution in [0.4, 0.5) is 4.79 Å². The third kappa shape index (κ3) is 5.27. The van der Waals surface area contributed by atoms with Crippen LogP contribution in [0.3, 0.4) is 0 Å². The summed E-state index contributed by atoms with van der Waals surface area (Å²) in [6.45, 7) is 5.72. The van der Waals surface area contributed by atoms with E-state index in [0.29, 0.717) is 13.2 Å². The average molecular weight is 292 g/mol. The predicted molar refractivity (Wildman–Crippen MR) is 81.6 cm³/mol. The van der Waals surface area contributed by atoms with Crippen molar-refractivity contribution < 1.29 is 14.3 Å². The Hall–Kier alpha value is -1.75. The number of hydrogen-bond donors (Lipinski definition) is 2. The Kier molecular flexibility index (Phi) is 5.87. The zero-order chi connectivity index (χ0) is 15.1. The van der Waals surface area contributed by atoms with Gasteiger partial charge in [-0.15, -0.1) is 0 Å². The SMILES string of the molecule is Cc1ccc(OCCNC(=O)NC(C)C2CCCO2)cc1. The van der Waals surface area contributed by atoms with E-state index in [1.54, 1.807) is 0 Å². The molecule has 0 bridgehead atoms. The second-order valence-electron chi connectivity index (χ2n) is 5.40. The number of ether oxygens (including phenoxy) is 2. The van der Waals surface area contributed by atoms with Crippen LogP contribution in [0.25, 0.3) is 0 Å². The second kappa shape index (κ2) is 7.88. The Bertz CT molecular complexity index is 441. The molecule has 2 atom stereocenters. The lowest BCUT2D eigenvalue weighted by molar-refractivity contribution is 0.0860. The van der Waals surface area contributed by atoms with Gasteiger partial charge in [0.1, 0.15) is 12.4 Å². The van der Waals surface area contributed by atoms with Gasteiger partial charge in [-0.05, 0) is 38.8 Å². The van der Waals surface area contributed by atoms with Crippen molar-refractivity contribution in [2.75, 3.05) is 19.8 Å². The minimum atomic E-state index is -0.175. The molecule has 1 aromatic rings. The number of carbonyl (C=O) groups is 1. The molecular formula is C16H24N2O3. The van der Waals surface area contributed by atoms with E-state index in [0.717, 1.165) is 25.2 Å². The molecule has 0 saturated carbocycles. The number of urea groups is 1. The average Bonchev–Trinajstić information content (AvgIpc) is 3.00. The van der Waals surface area contributed by atoms with Crippen molar-refractivity contribution in [1.82, 2.24) is 10.6 Å². The quantitative estimate of drug-likeness (QED) is 0.791. The van der Waals surface area contributed by atoms with Crippen molar-refractivity contribution in [2.45, 2.75) is 38.8 Å². The number of amides is 2. The van der Waals surface area contributed by atoms with Gasteiger partial charge in [0.25, 0.3) is 0 Å². The Labute approximate surface area is 126 Å². The molecule has 1 aliphatic rings. The Morgan fingerprint density at radius 3 is 2.86 bits per heavy atom. The molecule has 5 heteroatoms. The van der Waals surface area contributed by atoms with Gasteiger partial charge in [0, 0.05) is 6.61 Å². The maximum absolute atomic E-state index is 11.7. The van der Waals surface area contributed by atoms with Gasteiger partial charge in [-0.25, -0.2) is 4.79 Å². The van der Waals surface area contributed by atoms with E-state index in [9.17, 15) is 4.79 Å². The number of nitrogens with one attached hydrogen (secondary N) is 2. The molecule has 0 spiro atoms. The molecule has 0 aromatic heterocycles. The van der Waals surface area contributed by atoms with Crippen LogP contribution >= 0.6 is 0 Å². The molecule has 1 heterocycles. The van der Waals surface area contributed by atoms with Crippen molar-refractivity contribution in [3.63, 3.8) is 0 Å². The fourth-order valence-electron chi connectivity index (χ4n) is 2.32. The first kappa shape index (κ1) is 15.6. The Morgan fingerprint density at radius 2 is 2.19 bits per heavy atom. The molecule has 1 saturated heterocycles. The second-order valence-corrected chi connectivity index (χ2v) is 5.40. The van der Waals surface area contributed by atoms with E-state index < -0.39 is 0 Å². The standard InChI is InChI=1S/C16H24N2O3/c1-12-5-7-14(8-6-12)20-11-9-17-16(19)18-13(2)15-4-3-10-21-15/h5-8,13,15H,3-4,9-11H2,1-2H3,(H2,17,18,19). The van der Waals surface area contributed by atoms with E-state index in [2.05, 4.69) is 10.6 Å². The number of aryl methyl sites for hydroxylation is 1. The van der Waals surface area contributed by atoms with Crippen LogP contribution in [0, 0.1) is 6.92 Å². The van der Waals surface area contributed by atoms with E-state index in [4.69, 9.17) is 9.47 Å². The third-order valence-electron chi connectivity index (χ3n) is 3.56. The molecule has 0 radical (unpaired) electrons. The summed E-state index contributed by atoms with van der Waals surface area (Å²) in [4.78, 5) is 11.7. The zero-order valence-corrected chi connectivity index (χ0v) is 12.7. The summed E-state index contributed by atoms with van der Waals surface area (Å²) in [5.41, 5.74) is 1.20. The molecule has 116 valence electrons. The van der Waals surface area contributed by atoms with Crippen LogP contribution in [0.5, 0.6) is 5.75 Å². The molecular weight excluding hydrogens is 268 g/mol. The summed E-state index contributed by atoms with van der Waals surface area (Å²) in [5.74, 6) is 0.815. The predicted octanol–water partition coefficient (Wildman–Crippen LogP) is 2.24. The molecule has 21 heavy (non-hydrogen) atoms. The van der Waals surface area contributed by atoms with E-state index in [1.807, 2.05) is 38.1 Å². The first-order valence-electron chi connectivity index (χ1n) is 7.50. The number of carbonyl (C=O) groups excluding carboxylic acids is 1. The maximum atomic E-state index is 11.7. The highest BCUT2D eigenvalue weighted by atomic mass is 16.5. The molecule has 0 aliphatic carbocycles. The fraction of sp³-hybridized carbons (Fsp3) is 0.562. The van der Waals surface area contributed by atoms with Gasteiger partial charge in [-0.2, -0.15) is 0 Å². The molecule has 2 amide bonds. The van der Waals surface area contributed by atoms with Crippen LogP contribution in [-0.4, -0.2) is 37.9 Å². The van der Waals surface area contributed by atoms with Crippen molar-refractivity contribution in [3.05, 3.63) is 29.8 Å². The van der Waals surface area contributed by atoms with E-state index in [-0.39, 0.29) is 18.2 Å². The first-order chi connectivity index (χ1) is 10.1. The summed E-state index contributed by atoms with van der Waals surface area (Å²) < 4.78 is 11.1. The van der Waals surface area contributed by atoms with Gasteiger partial charge in [-0.3, -0.25) is 0 Å². The van der Waals surface area contributed by atoms with Gasteiger partial charge in [0.15, 0.2) is 0 Å². The maximum Gasteiger partial charge on any atom is 0.315 e. The zero-order valence-electron chi connectivity index (χ0n) is 12.7. The summed E-state index contributed by atoms with van der Waals surface area (Å²) >= 11 is 0. The summed E-state index contributed by atoms with van der Waals surface area (Å²) in [6.07, 6.45) is 2.22. The van der Waals surface area contributed by atoms with Crippen molar-refractivity contribution >= 4 is 6.03 Å².